The van der Waals surface area contributed by atoms with E-state index in [1.54, 1.807) is 6.92 Å². The number of aromatic nitrogens is 2. The number of carbonyl (C=O) groups is 1. The largest absolute Gasteiger partial charge is 0.302 e. The van der Waals surface area contributed by atoms with Crippen molar-refractivity contribution in [3.63, 3.8) is 0 Å². The Hall–Kier alpha value is -1.28. The van der Waals surface area contributed by atoms with Gasteiger partial charge in [0, 0.05) is 24.6 Å². The van der Waals surface area contributed by atoms with E-state index in [1.807, 2.05) is 0 Å². The van der Waals surface area contributed by atoms with E-state index in [-0.39, 0.29) is 30.0 Å². The van der Waals surface area contributed by atoms with Gasteiger partial charge in [0.05, 0.1) is 5.75 Å². The smallest absolute Gasteiger partial charge is 0.280 e. The number of carbonyl (C=O) groups excluding carboxylic acids is 1. The van der Waals surface area contributed by atoms with Crippen LogP contribution in [0.5, 0.6) is 0 Å². The van der Waals surface area contributed by atoms with Gasteiger partial charge in [-0.05, 0) is 13.0 Å². The molecule has 9 heteroatoms. The van der Waals surface area contributed by atoms with Gasteiger partial charge in [-0.3, -0.25) is 9.69 Å². The van der Waals surface area contributed by atoms with Crippen LogP contribution in [-0.2, 0) is 15.0 Å². The van der Waals surface area contributed by atoms with Crippen LogP contribution in [0.2, 0.25) is 5.15 Å². The maximum Gasteiger partial charge on any atom is 0.302 e. The number of hydrogen-bond donors (Lipinski definition) is 0. The highest BCUT2D eigenvalue weighted by Gasteiger charge is 2.35. The second-order valence-corrected chi connectivity index (χ2v) is 6.21. The third-order valence-electron chi connectivity index (χ3n) is 2.69. The zero-order valence-corrected chi connectivity index (χ0v) is 11.6. The summed E-state index contributed by atoms with van der Waals surface area (Å²) >= 11 is 5.77. The molecule has 0 N–H and O–H groups in total. The Kier molecular flexibility index (Phi) is 3.73. The highest BCUT2D eigenvalue weighted by atomic mass is 35.5. The Bertz CT molecular complexity index is 602. The van der Waals surface area contributed by atoms with Gasteiger partial charge in [-0.25, -0.2) is 9.97 Å². The predicted octanol–water partition coefficient (Wildman–Crippen LogP) is 1.09. The van der Waals surface area contributed by atoms with Crippen molar-refractivity contribution in [1.29, 1.82) is 0 Å². The lowest BCUT2D eigenvalue weighted by atomic mass is 10.1. The summed E-state index contributed by atoms with van der Waals surface area (Å²) in [5.41, 5.74) is 0.587. The number of rotatable bonds is 3. The fraction of sp³-hybridized carbons (Fsp3) is 0.500. The van der Waals surface area contributed by atoms with Crippen molar-refractivity contribution in [2.24, 2.45) is 5.92 Å². The summed E-state index contributed by atoms with van der Waals surface area (Å²) in [6.07, 6.45) is -0.0436. The predicted molar refractivity (Wildman–Crippen MR) is 67.1 cm³/mol. The third kappa shape index (κ3) is 3.60. The summed E-state index contributed by atoms with van der Waals surface area (Å²) in [6.45, 7) is 1.77. The van der Waals surface area contributed by atoms with Crippen LogP contribution in [0.3, 0.4) is 0 Å². The molecule has 0 radical (unpaired) electrons. The summed E-state index contributed by atoms with van der Waals surface area (Å²) < 4.78 is 33.8. The van der Waals surface area contributed by atoms with E-state index >= 15 is 0 Å². The molecule has 1 aromatic heterocycles. The first kappa shape index (κ1) is 14.1. The lowest BCUT2D eigenvalue weighted by molar-refractivity contribution is -0.117. The molecular weight excluding hydrogens is 297 g/mol. The number of aryl methyl sites for hydroxylation is 1. The van der Waals surface area contributed by atoms with Crippen molar-refractivity contribution in [3.8, 4) is 0 Å². The van der Waals surface area contributed by atoms with E-state index in [9.17, 15) is 17.1 Å². The average Bonchev–Trinajstić information content (AvgIpc) is 2.54. The Morgan fingerprint density at radius 2 is 2.21 bits per heavy atom. The van der Waals surface area contributed by atoms with Gasteiger partial charge in [0.2, 0.25) is 11.9 Å². The molecule has 0 spiro atoms. The molecular formula is C10H11ClFN3O3S. The van der Waals surface area contributed by atoms with Crippen molar-refractivity contribution >= 4 is 33.7 Å². The lowest BCUT2D eigenvalue weighted by Gasteiger charge is -2.14. The summed E-state index contributed by atoms with van der Waals surface area (Å²) in [6, 6.07) is 1.54. The zero-order valence-electron chi connectivity index (χ0n) is 10.0. The summed E-state index contributed by atoms with van der Waals surface area (Å²) in [7, 11) is -4.60. The van der Waals surface area contributed by atoms with Crippen LogP contribution in [0.15, 0.2) is 6.07 Å². The number of nitrogens with zero attached hydrogens (tertiary/aromatic N) is 3. The van der Waals surface area contributed by atoms with Gasteiger partial charge in [-0.15, -0.1) is 3.89 Å². The maximum absolute atomic E-state index is 12.6. The third-order valence-corrected chi connectivity index (χ3v) is 3.76. The minimum absolute atomic E-state index is 0.0436. The molecule has 1 aliphatic rings. The number of hydrogen-bond acceptors (Lipinski definition) is 5. The molecule has 6 nitrogen and oxygen atoms in total. The van der Waals surface area contributed by atoms with Gasteiger partial charge in [-0.1, -0.05) is 11.6 Å². The van der Waals surface area contributed by atoms with Crippen LogP contribution in [0.1, 0.15) is 12.1 Å². The number of anilines is 1. The van der Waals surface area contributed by atoms with E-state index in [0.717, 1.165) is 0 Å². The van der Waals surface area contributed by atoms with Crippen LogP contribution in [-0.4, -0.2) is 36.6 Å². The summed E-state index contributed by atoms with van der Waals surface area (Å²) in [5, 5.41) is 0.192. The Labute approximate surface area is 114 Å². The average molecular weight is 308 g/mol. The van der Waals surface area contributed by atoms with Crippen molar-refractivity contribution in [1.82, 2.24) is 9.97 Å². The Morgan fingerprint density at radius 1 is 1.53 bits per heavy atom. The Morgan fingerprint density at radius 3 is 2.79 bits per heavy atom. The van der Waals surface area contributed by atoms with E-state index in [1.165, 1.54) is 11.0 Å². The van der Waals surface area contributed by atoms with Crippen LogP contribution in [0.25, 0.3) is 0 Å². The van der Waals surface area contributed by atoms with Gasteiger partial charge in [0.25, 0.3) is 0 Å². The first-order valence-electron chi connectivity index (χ1n) is 5.48. The highest BCUT2D eigenvalue weighted by Crippen LogP contribution is 2.24. The normalized spacial score (nSPS) is 20.1. The minimum atomic E-state index is -4.60. The van der Waals surface area contributed by atoms with Gasteiger partial charge in [-0.2, -0.15) is 8.42 Å². The molecule has 2 heterocycles. The lowest BCUT2D eigenvalue weighted by Crippen LogP contribution is -2.27. The van der Waals surface area contributed by atoms with Crippen LogP contribution >= 0.6 is 11.6 Å². The standard InChI is InChI=1S/C10H11ClFN3O3S/c1-6-2-8(11)14-10(13-6)15-4-7(3-9(15)16)5-19(12,17)18/h2,7H,3-5H2,1H3. The van der Waals surface area contributed by atoms with Crippen LogP contribution in [0.4, 0.5) is 9.83 Å². The molecule has 1 saturated heterocycles. The zero-order chi connectivity index (χ0) is 14.2. The monoisotopic (exact) mass is 307 g/mol. The van der Waals surface area contributed by atoms with Crippen LogP contribution in [0, 0.1) is 12.8 Å². The molecule has 0 saturated carbocycles. The molecule has 19 heavy (non-hydrogen) atoms. The van der Waals surface area contributed by atoms with E-state index in [0.29, 0.717) is 5.69 Å². The number of halogens is 2. The quantitative estimate of drug-likeness (QED) is 0.617. The van der Waals surface area contributed by atoms with Crippen molar-refractivity contribution in [2.45, 2.75) is 13.3 Å². The topological polar surface area (TPSA) is 80.2 Å². The first-order valence-corrected chi connectivity index (χ1v) is 7.41. The van der Waals surface area contributed by atoms with Crippen LogP contribution < -0.4 is 4.90 Å². The molecule has 1 atom stereocenters. The Balaban J connectivity index is 2.20. The van der Waals surface area contributed by atoms with Crippen molar-refractivity contribution in [2.75, 3.05) is 17.2 Å². The van der Waals surface area contributed by atoms with Gasteiger partial charge < -0.3 is 0 Å². The molecule has 0 bridgehead atoms. The van der Waals surface area contributed by atoms with Gasteiger partial charge in [0.1, 0.15) is 5.15 Å². The van der Waals surface area contributed by atoms with E-state index in [2.05, 4.69) is 9.97 Å². The fourth-order valence-electron chi connectivity index (χ4n) is 2.00. The van der Waals surface area contributed by atoms with E-state index in [4.69, 9.17) is 11.6 Å². The molecule has 1 fully saturated rings. The maximum atomic E-state index is 12.6. The summed E-state index contributed by atoms with van der Waals surface area (Å²) in [5.74, 6) is -1.48. The fourth-order valence-corrected chi connectivity index (χ4v) is 3.02. The minimum Gasteiger partial charge on any atom is -0.280 e. The summed E-state index contributed by atoms with van der Waals surface area (Å²) in [4.78, 5) is 21.0. The SMILES string of the molecule is Cc1cc(Cl)nc(N2CC(CS(=O)(=O)F)CC2=O)n1. The molecule has 2 rings (SSSR count). The first-order chi connectivity index (χ1) is 8.74. The molecule has 1 amide bonds. The molecule has 1 aromatic rings. The molecule has 0 aliphatic carbocycles. The molecule has 104 valence electrons. The van der Waals surface area contributed by atoms with Gasteiger partial charge in [0.15, 0.2) is 0 Å². The van der Waals surface area contributed by atoms with E-state index < -0.39 is 21.9 Å². The number of amides is 1. The molecule has 1 aliphatic heterocycles. The van der Waals surface area contributed by atoms with Crippen molar-refractivity contribution < 1.29 is 17.1 Å². The molecule has 0 aromatic carbocycles. The van der Waals surface area contributed by atoms with Crippen molar-refractivity contribution in [3.05, 3.63) is 16.9 Å². The second-order valence-electron chi connectivity index (χ2n) is 4.41. The highest BCUT2D eigenvalue weighted by molar-refractivity contribution is 7.86. The van der Waals surface area contributed by atoms with Gasteiger partial charge >= 0.3 is 10.2 Å². The molecule has 1 unspecified atom stereocenters. The second kappa shape index (κ2) is 5.01.